The first kappa shape index (κ1) is 17.9. The van der Waals surface area contributed by atoms with Gasteiger partial charge in [0.15, 0.2) is 5.69 Å². The fourth-order valence-corrected chi connectivity index (χ4v) is 3.20. The average molecular weight is 375 g/mol. The summed E-state index contributed by atoms with van der Waals surface area (Å²) in [7, 11) is 0. The van der Waals surface area contributed by atoms with Crippen LogP contribution in [-0.2, 0) is 19.6 Å². The number of pyridine rings is 1. The average Bonchev–Trinajstić information content (AvgIpc) is 3.16. The maximum atomic E-state index is 12.7. The highest BCUT2D eigenvalue weighted by molar-refractivity contribution is 5.94. The summed E-state index contributed by atoms with van der Waals surface area (Å²) in [4.78, 5) is 31.1. The van der Waals surface area contributed by atoms with E-state index in [2.05, 4.69) is 15.4 Å². The van der Waals surface area contributed by atoms with E-state index in [1.807, 2.05) is 43.3 Å². The molecule has 2 amide bonds. The van der Waals surface area contributed by atoms with Crippen LogP contribution in [0.5, 0.6) is 0 Å². The zero-order valence-corrected chi connectivity index (χ0v) is 15.6. The van der Waals surface area contributed by atoms with Gasteiger partial charge in [-0.2, -0.15) is 5.10 Å². The number of nitrogens with zero attached hydrogens (tertiary/aromatic N) is 4. The molecule has 0 saturated heterocycles. The molecule has 142 valence electrons. The molecular formula is C21H21N5O2. The topological polar surface area (TPSA) is 80.1 Å². The smallest absolute Gasteiger partial charge is 0.272 e. The molecule has 0 radical (unpaired) electrons. The number of hydrogen-bond acceptors (Lipinski definition) is 4. The highest BCUT2D eigenvalue weighted by atomic mass is 16.2. The molecule has 1 aromatic carbocycles. The van der Waals surface area contributed by atoms with Crippen molar-refractivity contribution in [2.45, 2.75) is 26.6 Å². The third-order valence-corrected chi connectivity index (χ3v) is 4.77. The second-order valence-corrected chi connectivity index (χ2v) is 6.83. The van der Waals surface area contributed by atoms with Gasteiger partial charge in [0.1, 0.15) is 0 Å². The van der Waals surface area contributed by atoms with E-state index in [-0.39, 0.29) is 11.8 Å². The van der Waals surface area contributed by atoms with Gasteiger partial charge in [0.2, 0.25) is 0 Å². The molecule has 0 bridgehead atoms. The molecule has 0 saturated carbocycles. The molecule has 1 N–H and O–H groups in total. The molecule has 28 heavy (non-hydrogen) atoms. The Labute approximate surface area is 163 Å². The SMILES string of the molecule is Cc1ccc(C(=O)N2CCn3nc(C(=O)NCc4ccccc4)cc3C2)cn1. The van der Waals surface area contributed by atoms with Crippen molar-refractivity contribution in [2.24, 2.45) is 0 Å². The number of nitrogens with one attached hydrogen (secondary N) is 1. The lowest BCUT2D eigenvalue weighted by atomic mass is 10.2. The molecule has 0 atom stereocenters. The van der Waals surface area contributed by atoms with E-state index in [9.17, 15) is 9.59 Å². The van der Waals surface area contributed by atoms with E-state index in [0.717, 1.165) is 17.0 Å². The van der Waals surface area contributed by atoms with E-state index >= 15 is 0 Å². The van der Waals surface area contributed by atoms with Crippen LogP contribution >= 0.6 is 0 Å². The monoisotopic (exact) mass is 375 g/mol. The Hall–Kier alpha value is -3.48. The molecule has 0 unspecified atom stereocenters. The van der Waals surface area contributed by atoms with Gasteiger partial charge in [-0.1, -0.05) is 30.3 Å². The number of fused-ring (bicyclic) bond motifs is 1. The lowest BCUT2D eigenvalue weighted by Crippen LogP contribution is -2.38. The maximum absolute atomic E-state index is 12.7. The van der Waals surface area contributed by atoms with Gasteiger partial charge in [-0.25, -0.2) is 0 Å². The molecule has 3 aromatic rings. The van der Waals surface area contributed by atoms with Crippen molar-refractivity contribution in [1.82, 2.24) is 25.0 Å². The number of hydrogen-bond donors (Lipinski definition) is 1. The minimum absolute atomic E-state index is 0.0602. The van der Waals surface area contributed by atoms with Gasteiger partial charge >= 0.3 is 0 Å². The molecule has 0 spiro atoms. The Balaban J connectivity index is 1.42. The van der Waals surface area contributed by atoms with Crippen molar-refractivity contribution in [3.8, 4) is 0 Å². The summed E-state index contributed by atoms with van der Waals surface area (Å²) >= 11 is 0. The van der Waals surface area contributed by atoms with Crippen molar-refractivity contribution in [3.63, 3.8) is 0 Å². The highest BCUT2D eigenvalue weighted by Gasteiger charge is 2.24. The van der Waals surface area contributed by atoms with E-state index in [1.165, 1.54) is 0 Å². The standard InChI is InChI=1S/C21H21N5O2/c1-15-7-8-17(13-22-15)21(28)25-9-10-26-18(14-25)11-19(24-26)20(27)23-12-16-5-3-2-4-6-16/h2-8,11,13H,9-10,12,14H2,1H3,(H,23,27). The summed E-state index contributed by atoms with van der Waals surface area (Å²) < 4.78 is 1.80. The van der Waals surface area contributed by atoms with Gasteiger partial charge in [0.05, 0.1) is 24.3 Å². The number of benzene rings is 1. The largest absolute Gasteiger partial charge is 0.347 e. The number of aromatic nitrogens is 3. The summed E-state index contributed by atoms with van der Waals surface area (Å²) in [5.74, 6) is -0.276. The second kappa shape index (κ2) is 7.64. The number of amides is 2. The Kier molecular flexibility index (Phi) is 4.89. The van der Waals surface area contributed by atoms with Gasteiger partial charge in [0.25, 0.3) is 11.8 Å². The van der Waals surface area contributed by atoms with E-state index < -0.39 is 0 Å². The molecule has 2 aromatic heterocycles. The van der Waals surface area contributed by atoms with Crippen molar-refractivity contribution < 1.29 is 9.59 Å². The van der Waals surface area contributed by atoms with Gasteiger partial charge in [-0.05, 0) is 30.7 Å². The highest BCUT2D eigenvalue weighted by Crippen LogP contribution is 2.16. The van der Waals surface area contributed by atoms with Crippen LogP contribution in [-0.4, -0.2) is 38.0 Å². The number of carbonyl (C=O) groups is 2. The number of aryl methyl sites for hydroxylation is 1. The van der Waals surface area contributed by atoms with Crippen molar-refractivity contribution >= 4 is 11.8 Å². The van der Waals surface area contributed by atoms with E-state index in [4.69, 9.17) is 0 Å². The Morgan fingerprint density at radius 2 is 1.93 bits per heavy atom. The second-order valence-electron chi connectivity index (χ2n) is 6.83. The summed E-state index contributed by atoms with van der Waals surface area (Å²) in [6.45, 7) is 3.87. The lowest BCUT2D eigenvalue weighted by Gasteiger charge is -2.27. The van der Waals surface area contributed by atoms with Crippen LogP contribution in [0.3, 0.4) is 0 Å². The van der Waals surface area contributed by atoms with E-state index in [0.29, 0.717) is 37.4 Å². The van der Waals surface area contributed by atoms with Crippen LogP contribution in [0.2, 0.25) is 0 Å². The van der Waals surface area contributed by atoms with Gasteiger partial charge in [-0.3, -0.25) is 19.3 Å². The van der Waals surface area contributed by atoms with Gasteiger partial charge in [0, 0.05) is 25.0 Å². The summed E-state index contributed by atoms with van der Waals surface area (Å²) in [5.41, 5.74) is 3.70. The molecule has 4 rings (SSSR count). The Bertz CT molecular complexity index is 995. The number of rotatable bonds is 4. The molecule has 7 heteroatoms. The lowest BCUT2D eigenvalue weighted by molar-refractivity contribution is 0.0705. The first-order chi connectivity index (χ1) is 13.6. The van der Waals surface area contributed by atoms with Crippen molar-refractivity contribution in [2.75, 3.05) is 6.54 Å². The molecule has 0 fully saturated rings. The molecule has 0 aliphatic carbocycles. The first-order valence-electron chi connectivity index (χ1n) is 9.21. The molecule has 1 aliphatic heterocycles. The predicted octanol–water partition coefficient (Wildman–Crippen LogP) is 2.17. The number of carbonyl (C=O) groups excluding carboxylic acids is 2. The van der Waals surface area contributed by atoms with Crippen LogP contribution in [0, 0.1) is 6.92 Å². The van der Waals surface area contributed by atoms with Crippen molar-refractivity contribution in [3.05, 3.63) is 82.9 Å². The minimum Gasteiger partial charge on any atom is -0.347 e. The summed E-state index contributed by atoms with van der Waals surface area (Å²) in [6, 6.07) is 15.1. The Morgan fingerprint density at radius 3 is 2.68 bits per heavy atom. The molecule has 3 heterocycles. The van der Waals surface area contributed by atoms with Crippen molar-refractivity contribution in [1.29, 1.82) is 0 Å². The minimum atomic E-state index is -0.216. The fraction of sp³-hybridized carbons (Fsp3) is 0.238. The van der Waals surface area contributed by atoms with Gasteiger partial charge in [-0.15, -0.1) is 0 Å². The van der Waals surface area contributed by atoms with E-state index in [1.54, 1.807) is 27.9 Å². The first-order valence-corrected chi connectivity index (χ1v) is 9.21. The van der Waals surface area contributed by atoms with Crippen LogP contribution in [0.25, 0.3) is 0 Å². The van der Waals surface area contributed by atoms with Crippen LogP contribution < -0.4 is 5.32 Å². The van der Waals surface area contributed by atoms with Gasteiger partial charge < -0.3 is 10.2 Å². The zero-order chi connectivity index (χ0) is 19.5. The molecule has 1 aliphatic rings. The normalized spacial score (nSPS) is 13.1. The van der Waals surface area contributed by atoms with Crippen LogP contribution in [0.1, 0.15) is 37.8 Å². The summed E-state index contributed by atoms with van der Waals surface area (Å²) in [6.07, 6.45) is 1.60. The predicted molar refractivity (Wildman–Crippen MR) is 104 cm³/mol. The Morgan fingerprint density at radius 1 is 1.11 bits per heavy atom. The summed E-state index contributed by atoms with van der Waals surface area (Å²) in [5, 5.41) is 7.28. The maximum Gasteiger partial charge on any atom is 0.272 e. The third-order valence-electron chi connectivity index (χ3n) is 4.77. The van der Waals surface area contributed by atoms with Crippen LogP contribution in [0.4, 0.5) is 0 Å². The molecular weight excluding hydrogens is 354 g/mol. The molecule has 7 nitrogen and oxygen atoms in total. The quantitative estimate of drug-likeness (QED) is 0.758. The zero-order valence-electron chi connectivity index (χ0n) is 15.6. The fourth-order valence-electron chi connectivity index (χ4n) is 3.20. The third kappa shape index (κ3) is 3.78. The van der Waals surface area contributed by atoms with Crippen LogP contribution in [0.15, 0.2) is 54.7 Å².